The number of rotatable bonds is 4. The van der Waals surface area contributed by atoms with Gasteiger partial charge in [-0.15, -0.1) is 9.05 Å². The Bertz CT molecular complexity index is 338. The molecule has 0 saturated carbocycles. The molecule has 0 radical (unpaired) electrons. The number of carbonyl (C=O) groups is 1. The minimum absolute atomic E-state index is 0.118. The van der Waals surface area contributed by atoms with Crippen LogP contribution in [0.1, 0.15) is 5.56 Å². The maximum Gasteiger partial charge on any atom is 0.756 e. The molecule has 15 heavy (non-hydrogen) atoms. The molecule has 0 fully saturated rings. The van der Waals surface area contributed by atoms with E-state index in [9.17, 15) is 9.36 Å². The van der Waals surface area contributed by atoms with Crippen molar-refractivity contribution in [3.05, 3.63) is 35.9 Å². The second kappa shape index (κ2) is 6.11. The standard InChI is InChI=1S/C9H10O5P/c1-12-9(10)14-15(11)13-7-8-5-3-2-4-6-8/h2-6H,7H2,1H3/q+1. The van der Waals surface area contributed by atoms with Crippen molar-refractivity contribution < 1.29 is 23.1 Å². The van der Waals surface area contributed by atoms with E-state index in [4.69, 9.17) is 4.52 Å². The van der Waals surface area contributed by atoms with Gasteiger partial charge in [0.25, 0.3) is 0 Å². The van der Waals surface area contributed by atoms with Crippen molar-refractivity contribution in [2.75, 3.05) is 7.11 Å². The highest BCUT2D eigenvalue weighted by Gasteiger charge is 2.26. The average molecular weight is 229 g/mol. The summed E-state index contributed by atoms with van der Waals surface area (Å²) in [5.74, 6) is 0. The molecule has 0 aliphatic carbocycles. The van der Waals surface area contributed by atoms with Gasteiger partial charge in [0.15, 0.2) is 0 Å². The number of methoxy groups -OCH3 is 1. The van der Waals surface area contributed by atoms with Crippen LogP contribution in [0.15, 0.2) is 30.3 Å². The summed E-state index contributed by atoms with van der Waals surface area (Å²) in [5, 5.41) is 0. The van der Waals surface area contributed by atoms with Crippen LogP contribution >= 0.6 is 8.25 Å². The molecule has 6 heteroatoms. The molecule has 0 spiro atoms. The summed E-state index contributed by atoms with van der Waals surface area (Å²) in [4.78, 5) is 10.5. The van der Waals surface area contributed by atoms with Gasteiger partial charge < -0.3 is 4.74 Å². The lowest BCUT2D eigenvalue weighted by molar-refractivity contribution is 0.114. The lowest BCUT2D eigenvalue weighted by Crippen LogP contribution is -1.98. The van der Waals surface area contributed by atoms with Crippen LogP contribution in [0.2, 0.25) is 0 Å². The van der Waals surface area contributed by atoms with E-state index in [0.717, 1.165) is 12.7 Å². The SMILES string of the molecule is COC(=O)O[P+](=O)OCc1ccccc1. The van der Waals surface area contributed by atoms with Crippen LogP contribution in [-0.4, -0.2) is 13.3 Å². The summed E-state index contributed by atoms with van der Waals surface area (Å²) in [6, 6.07) is 9.12. The summed E-state index contributed by atoms with van der Waals surface area (Å²) in [6.45, 7) is 0.118. The van der Waals surface area contributed by atoms with Crippen molar-refractivity contribution in [1.82, 2.24) is 0 Å². The fourth-order valence-electron chi connectivity index (χ4n) is 0.826. The second-order valence-corrected chi connectivity index (χ2v) is 3.42. The highest BCUT2D eigenvalue weighted by atomic mass is 31.1. The van der Waals surface area contributed by atoms with Crippen LogP contribution < -0.4 is 0 Å². The zero-order valence-corrected chi connectivity index (χ0v) is 8.98. The molecule has 0 saturated heterocycles. The van der Waals surface area contributed by atoms with Gasteiger partial charge in [-0.1, -0.05) is 30.3 Å². The Morgan fingerprint density at radius 1 is 1.33 bits per heavy atom. The Balaban J connectivity index is 2.32. The summed E-state index contributed by atoms with van der Waals surface area (Å²) in [5.41, 5.74) is 0.842. The Morgan fingerprint density at radius 3 is 2.60 bits per heavy atom. The van der Waals surface area contributed by atoms with Gasteiger partial charge in [-0.2, -0.15) is 4.79 Å². The Morgan fingerprint density at radius 2 is 2.00 bits per heavy atom. The molecule has 0 amide bonds. The average Bonchev–Trinajstić information content (AvgIpc) is 2.27. The zero-order valence-electron chi connectivity index (χ0n) is 8.08. The second-order valence-electron chi connectivity index (χ2n) is 2.53. The van der Waals surface area contributed by atoms with E-state index in [1.165, 1.54) is 0 Å². The molecule has 0 N–H and O–H groups in total. The summed E-state index contributed by atoms with van der Waals surface area (Å²) >= 11 is 0. The Labute approximate surface area is 87.9 Å². The van der Waals surface area contributed by atoms with Gasteiger partial charge in [0.2, 0.25) is 0 Å². The predicted octanol–water partition coefficient (Wildman–Crippen LogP) is 2.64. The van der Waals surface area contributed by atoms with Gasteiger partial charge in [-0.05, 0) is 5.56 Å². The molecule has 80 valence electrons. The Kier molecular flexibility index (Phi) is 4.74. The first-order chi connectivity index (χ1) is 7.22. The van der Waals surface area contributed by atoms with E-state index in [0.29, 0.717) is 0 Å². The molecule has 1 atom stereocenters. The molecule has 5 nitrogen and oxygen atoms in total. The van der Waals surface area contributed by atoms with Gasteiger partial charge in [0, 0.05) is 4.57 Å². The Hall–Kier alpha value is -1.45. The van der Waals surface area contributed by atoms with E-state index >= 15 is 0 Å². The normalized spacial score (nSPS) is 10.6. The molecule has 1 aromatic carbocycles. The number of hydrogen-bond acceptors (Lipinski definition) is 5. The van der Waals surface area contributed by atoms with E-state index < -0.39 is 14.4 Å². The van der Waals surface area contributed by atoms with Crippen LogP contribution in [0.25, 0.3) is 0 Å². The van der Waals surface area contributed by atoms with Crippen LogP contribution in [0.4, 0.5) is 4.79 Å². The van der Waals surface area contributed by atoms with Crippen LogP contribution in [0.3, 0.4) is 0 Å². The third-order valence-electron chi connectivity index (χ3n) is 1.50. The molecule has 0 aromatic heterocycles. The van der Waals surface area contributed by atoms with Crippen molar-refractivity contribution >= 4 is 14.4 Å². The minimum Gasteiger partial charge on any atom is -0.435 e. The van der Waals surface area contributed by atoms with Crippen molar-refractivity contribution in [1.29, 1.82) is 0 Å². The molecular formula is C9H10O5P+. The van der Waals surface area contributed by atoms with Crippen molar-refractivity contribution in [3.63, 3.8) is 0 Å². The molecule has 0 aliphatic rings. The van der Waals surface area contributed by atoms with Gasteiger partial charge in [0.1, 0.15) is 6.61 Å². The number of hydrogen-bond donors (Lipinski definition) is 0. The first kappa shape index (κ1) is 11.6. The van der Waals surface area contributed by atoms with Crippen molar-refractivity contribution in [2.45, 2.75) is 6.61 Å². The topological polar surface area (TPSA) is 61.8 Å². The quantitative estimate of drug-likeness (QED) is 0.586. The summed E-state index contributed by atoms with van der Waals surface area (Å²) in [6.07, 6.45) is -1.02. The van der Waals surface area contributed by atoms with Crippen molar-refractivity contribution in [2.24, 2.45) is 0 Å². The van der Waals surface area contributed by atoms with Gasteiger partial charge in [0.05, 0.1) is 7.11 Å². The number of benzene rings is 1. The molecule has 1 unspecified atom stereocenters. The molecule has 1 aromatic rings. The number of carbonyl (C=O) groups excluding carboxylic acids is 1. The van der Waals surface area contributed by atoms with Gasteiger partial charge in [-0.3, -0.25) is 0 Å². The highest BCUT2D eigenvalue weighted by molar-refractivity contribution is 7.33. The smallest absolute Gasteiger partial charge is 0.435 e. The summed E-state index contributed by atoms with van der Waals surface area (Å²) < 4.78 is 24.2. The molecule has 1 rings (SSSR count). The summed E-state index contributed by atoms with van der Waals surface area (Å²) in [7, 11) is -1.35. The molecule has 0 bridgehead atoms. The maximum absolute atomic E-state index is 11.0. The van der Waals surface area contributed by atoms with E-state index in [1.807, 2.05) is 18.2 Å². The lowest BCUT2D eigenvalue weighted by atomic mass is 10.2. The van der Waals surface area contributed by atoms with Gasteiger partial charge in [-0.25, -0.2) is 0 Å². The minimum atomic E-state index is -2.47. The predicted molar refractivity (Wildman–Crippen MR) is 52.3 cm³/mol. The molecule has 0 heterocycles. The maximum atomic E-state index is 11.0. The lowest BCUT2D eigenvalue weighted by Gasteiger charge is -1.93. The monoisotopic (exact) mass is 229 g/mol. The van der Waals surface area contributed by atoms with Crippen LogP contribution in [0.5, 0.6) is 0 Å². The van der Waals surface area contributed by atoms with E-state index in [1.54, 1.807) is 12.1 Å². The fourth-order valence-corrected chi connectivity index (χ4v) is 1.33. The zero-order chi connectivity index (χ0) is 11.1. The van der Waals surface area contributed by atoms with Crippen LogP contribution in [-0.2, 0) is 25.0 Å². The number of ether oxygens (including phenoxy) is 1. The van der Waals surface area contributed by atoms with E-state index in [2.05, 4.69) is 9.26 Å². The van der Waals surface area contributed by atoms with Gasteiger partial charge >= 0.3 is 14.4 Å². The van der Waals surface area contributed by atoms with Crippen LogP contribution in [0, 0.1) is 0 Å². The third-order valence-corrected chi connectivity index (χ3v) is 2.13. The highest BCUT2D eigenvalue weighted by Crippen LogP contribution is 2.25. The first-order valence-corrected chi connectivity index (χ1v) is 5.22. The van der Waals surface area contributed by atoms with E-state index in [-0.39, 0.29) is 6.61 Å². The largest absolute Gasteiger partial charge is 0.756 e. The first-order valence-electron chi connectivity index (χ1n) is 4.12. The van der Waals surface area contributed by atoms with Crippen molar-refractivity contribution in [3.8, 4) is 0 Å². The fraction of sp³-hybridized carbons (Fsp3) is 0.222. The third kappa shape index (κ3) is 4.54. The molecule has 0 aliphatic heterocycles. The molecular weight excluding hydrogens is 219 g/mol.